The standard InChI is InChI=1S/C26H30N8O2/c1-26(2,3)36-25(35)34-17-6-7-18(34)13-19(12-17)33(5)23-11-10-22(31-32-23)21-9-8-20(24(27-4)30-21)16-14-28-29-15-16/h8-11,14-15,17-19H,6-7,12-13H2,1-3,5H3,(H,28,29)/t17-,18?,19?/m1/s1. The maximum atomic E-state index is 12.8. The summed E-state index contributed by atoms with van der Waals surface area (Å²) in [7, 11) is 2.03. The van der Waals surface area contributed by atoms with Gasteiger partial charge in [-0.3, -0.25) is 5.10 Å². The lowest BCUT2D eigenvalue weighted by Crippen LogP contribution is -2.53. The van der Waals surface area contributed by atoms with Gasteiger partial charge in [0.05, 0.1) is 6.20 Å². The third kappa shape index (κ3) is 4.61. The summed E-state index contributed by atoms with van der Waals surface area (Å²) in [6.07, 6.45) is 6.96. The lowest BCUT2D eigenvalue weighted by atomic mass is 9.96. The zero-order valence-electron chi connectivity index (χ0n) is 21.0. The van der Waals surface area contributed by atoms with Crippen LogP contribution in [0.2, 0.25) is 0 Å². The summed E-state index contributed by atoms with van der Waals surface area (Å²) < 4.78 is 5.66. The van der Waals surface area contributed by atoms with Crippen molar-refractivity contribution in [1.82, 2.24) is 30.3 Å². The van der Waals surface area contributed by atoms with Gasteiger partial charge in [0.15, 0.2) is 11.5 Å². The van der Waals surface area contributed by atoms with E-state index in [1.165, 1.54) is 0 Å². The van der Waals surface area contributed by atoms with Crippen molar-refractivity contribution in [3.05, 3.63) is 48.1 Å². The molecule has 2 unspecified atom stereocenters. The van der Waals surface area contributed by atoms with E-state index in [-0.39, 0.29) is 24.2 Å². The monoisotopic (exact) mass is 486 g/mol. The summed E-state index contributed by atoms with van der Waals surface area (Å²) in [5.41, 5.74) is 2.24. The Hall–Kier alpha value is -4.00. The van der Waals surface area contributed by atoms with Crippen LogP contribution in [0.3, 0.4) is 0 Å². The summed E-state index contributed by atoms with van der Waals surface area (Å²) in [5, 5.41) is 15.6. The maximum absolute atomic E-state index is 12.8. The number of rotatable bonds is 4. The van der Waals surface area contributed by atoms with Crippen molar-refractivity contribution < 1.29 is 9.53 Å². The van der Waals surface area contributed by atoms with Crippen molar-refractivity contribution in [2.45, 2.75) is 70.2 Å². The Balaban J connectivity index is 1.29. The lowest BCUT2D eigenvalue weighted by Gasteiger charge is -2.42. The zero-order chi connectivity index (χ0) is 25.4. The van der Waals surface area contributed by atoms with Crippen LogP contribution in [0, 0.1) is 6.57 Å². The fourth-order valence-corrected chi connectivity index (χ4v) is 5.21. The Bertz CT molecular complexity index is 1260. The van der Waals surface area contributed by atoms with Crippen LogP contribution < -0.4 is 4.90 Å². The van der Waals surface area contributed by atoms with Crippen LogP contribution in [0.25, 0.3) is 27.4 Å². The van der Waals surface area contributed by atoms with E-state index in [4.69, 9.17) is 11.3 Å². The van der Waals surface area contributed by atoms with Crippen molar-refractivity contribution in [3.63, 3.8) is 0 Å². The molecule has 2 aliphatic heterocycles. The molecule has 5 heterocycles. The molecular weight excluding hydrogens is 456 g/mol. The number of pyridine rings is 1. The topological polar surface area (TPSA) is 104 Å². The summed E-state index contributed by atoms with van der Waals surface area (Å²) in [4.78, 5) is 25.0. The molecule has 5 rings (SSSR count). The van der Waals surface area contributed by atoms with Crippen molar-refractivity contribution in [2.75, 3.05) is 11.9 Å². The minimum Gasteiger partial charge on any atom is -0.444 e. The van der Waals surface area contributed by atoms with E-state index < -0.39 is 5.60 Å². The molecule has 0 aromatic carbocycles. The van der Waals surface area contributed by atoms with Crippen molar-refractivity contribution in [1.29, 1.82) is 0 Å². The Morgan fingerprint density at radius 3 is 2.44 bits per heavy atom. The number of piperidine rings is 1. The number of aromatic amines is 1. The second-order valence-electron chi connectivity index (χ2n) is 10.5. The van der Waals surface area contributed by atoms with Crippen LogP contribution >= 0.6 is 0 Å². The largest absolute Gasteiger partial charge is 0.444 e. The van der Waals surface area contributed by atoms with Gasteiger partial charge < -0.3 is 19.4 Å². The highest BCUT2D eigenvalue weighted by molar-refractivity contribution is 5.77. The normalized spacial score (nSPS) is 21.2. The Morgan fingerprint density at radius 2 is 1.86 bits per heavy atom. The first kappa shape index (κ1) is 23.7. The molecule has 36 heavy (non-hydrogen) atoms. The number of nitrogens with one attached hydrogen (secondary N) is 1. The summed E-state index contributed by atoms with van der Waals surface area (Å²) in [6, 6.07) is 8.16. The number of H-pyrrole nitrogens is 1. The minimum atomic E-state index is -0.495. The average Bonchev–Trinajstić information content (AvgIpc) is 3.48. The average molecular weight is 487 g/mol. The number of anilines is 1. The first-order valence-electron chi connectivity index (χ1n) is 12.2. The van der Waals surface area contributed by atoms with Gasteiger partial charge in [0.1, 0.15) is 11.3 Å². The number of aromatic nitrogens is 5. The Morgan fingerprint density at radius 1 is 1.14 bits per heavy atom. The SMILES string of the molecule is [C-]#[N+]c1nc(-c2ccc(N(C)C3CC4CC[C@H](C3)N4C(=O)OC(C)(C)C)nn2)ccc1-c1cn[nH]c1. The molecule has 2 aliphatic rings. The van der Waals surface area contributed by atoms with Gasteiger partial charge in [0, 0.05) is 42.5 Å². The van der Waals surface area contributed by atoms with Crippen LogP contribution in [0.15, 0.2) is 36.7 Å². The van der Waals surface area contributed by atoms with E-state index in [1.807, 2.05) is 57.0 Å². The molecule has 186 valence electrons. The van der Waals surface area contributed by atoms with Crippen LogP contribution in [0.4, 0.5) is 16.4 Å². The van der Waals surface area contributed by atoms with Gasteiger partial charge in [-0.05, 0) is 64.7 Å². The van der Waals surface area contributed by atoms with Crippen molar-refractivity contribution >= 4 is 17.7 Å². The quantitative estimate of drug-likeness (QED) is 0.526. The molecular formula is C26H30N8O2. The van der Waals surface area contributed by atoms with Gasteiger partial charge in [-0.15, -0.1) is 15.2 Å². The summed E-state index contributed by atoms with van der Waals surface area (Å²) in [6.45, 7) is 13.2. The van der Waals surface area contributed by atoms with Gasteiger partial charge in [-0.1, -0.05) is 12.6 Å². The highest BCUT2D eigenvalue weighted by Crippen LogP contribution is 2.39. The molecule has 0 radical (unpaired) electrons. The molecule has 0 spiro atoms. The Labute approximate surface area is 210 Å². The molecule has 0 aliphatic carbocycles. The third-order valence-corrected chi connectivity index (χ3v) is 6.92. The first-order chi connectivity index (χ1) is 17.2. The Kier molecular flexibility index (Phi) is 6.08. The van der Waals surface area contributed by atoms with Crippen molar-refractivity contribution in [2.24, 2.45) is 0 Å². The van der Waals surface area contributed by atoms with Gasteiger partial charge in [0.25, 0.3) is 5.82 Å². The summed E-state index contributed by atoms with van der Waals surface area (Å²) in [5.74, 6) is 1.07. The van der Waals surface area contributed by atoms with Gasteiger partial charge in [-0.2, -0.15) is 5.10 Å². The van der Waals surface area contributed by atoms with Crippen molar-refractivity contribution in [3.8, 4) is 22.5 Å². The minimum absolute atomic E-state index is 0.184. The van der Waals surface area contributed by atoms with Gasteiger partial charge >= 0.3 is 6.09 Å². The van der Waals surface area contributed by atoms with Gasteiger partial charge in [-0.25, -0.2) is 4.79 Å². The van der Waals surface area contributed by atoms with E-state index in [0.29, 0.717) is 17.2 Å². The zero-order valence-corrected chi connectivity index (χ0v) is 21.0. The molecule has 0 saturated carbocycles. The number of hydrogen-bond acceptors (Lipinski definition) is 7. The van der Waals surface area contributed by atoms with E-state index >= 15 is 0 Å². The molecule has 3 aromatic rings. The second kappa shape index (κ2) is 9.22. The van der Waals surface area contributed by atoms with Crippen LogP contribution in [-0.2, 0) is 4.74 Å². The third-order valence-electron chi connectivity index (χ3n) is 6.92. The fraction of sp³-hybridized carbons (Fsp3) is 0.462. The van der Waals surface area contributed by atoms with E-state index in [2.05, 4.69) is 35.1 Å². The number of hydrogen-bond donors (Lipinski definition) is 1. The van der Waals surface area contributed by atoms with E-state index in [0.717, 1.165) is 42.6 Å². The van der Waals surface area contributed by atoms with E-state index in [9.17, 15) is 4.79 Å². The molecule has 3 atom stereocenters. The highest BCUT2D eigenvalue weighted by atomic mass is 16.6. The number of carbonyl (C=O) groups is 1. The summed E-state index contributed by atoms with van der Waals surface area (Å²) >= 11 is 0. The number of amides is 1. The first-order valence-corrected chi connectivity index (χ1v) is 12.2. The molecule has 2 bridgehead atoms. The second-order valence-corrected chi connectivity index (χ2v) is 10.5. The predicted molar refractivity (Wildman–Crippen MR) is 135 cm³/mol. The number of nitrogens with zero attached hydrogens (tertiary/aromatic N) is 7. The van der Waals surface area contributed by atoms with Crippen LogP contribution in [0.5, 0.6) is 0 Å². The predicted octanol–water partition coefficient (Wildman–Crippen LogP) is 4.85. The lowest BCUT2D eigenvalue weighted by molar-refractivity contribution is 0.00597. The molecule has 2 fully saturated rings. The number of ether oxygens (including phenoxy) is 1. The molecule has 10 heteroatoms. The maximum Gasteiger partial charge on any atom is 0.410 e. The molecule has 10 nitrogen and oxygen atoms in total. The van der Waals surface area contributed by atoms with Crippen LogP contribution in [0.1, 0.15) is 46.5 Å². The highest BCUT2D eigenvalue weighted by Gasteiger charge is 2.46. The van der Waals surface area contributed by atoms with Crippen LogP contribution in [-0.4, -0.2) is 67.1 Å². The smallest absolute Gasteiger partial charge is 0.410 e. The molecule has 1 amide bonds. The molecule has 2 saturated heterocycles. The molecule has 1 N–H and O–H groups in total. The molecule has 3 aromatic heterocycles. The fourth-order valence-electron chi connectivity index (χ4n) is 5.21. The number of fused-ring (bicyclic) bond motifs is 2. The number of carbonyl (C=O) groups excluding carboxylic acids is 1. The van der Waals surface area contributed by atoms with E-state index in [1.54, 1.807) is 12.4 Å². The van der Waals surface area contributed by atoms with Gasteiger partial charge in [0.2, 0.25) is 0 Å².